The number of hydrogen-bond acceptors (Lipinski definition) is 6. The van der Waals surface area contributed by atoms with Gasteiger partial charge < -0.3 is 26.8 Å². The number of nitrogens with zero attached hydrogens (tertiary/aromatic N) is 2. The van der Waals surface area contributed by atoms with E-state index in [0.717, 1.165) is 11.3 Å². The molecule has 0 aliphatic heterocycles. The number of halogens is 4. The number of alkyl halides is 3. The number of carbonyl (C=O) groups excluding carboxylic acids is 3. The molecule has 0 saturated heterocycles. The molecule has 0 heterocycles. The van der Waals surface area contributed by atoms with Gasteiger partial charge in [-0.3, -0.25) is 14.6 Å². The summed E-state index contributed by atoms with van der Waals surface area (Å²) in [7, 11) is 5.22. The topological polar surface area (TPSA) is 157 Å². The van der Waals surface area contributed by atoms with Crippen molar-refractivity contribution in [3.8, 4) is 0 Å². The lowest BCUT2D eigenvalue weighted by atomic mass is 10.0. The molecule has 0 aliphatic rings. The van der Waals surface area contributed by atoms with Crippen LogP contribution in [-0.2, 0) is 4.79 Å². The highest BCUT2D eigenvalue weighted by molar-refractivity contribution is 5.95. The first-order valence-corrected chi connectivity index (χ1v) is 20.4. The lowest BCUT2D eigenvalue weighted by Crippen LogP contribution is -2.37. The first-order valence-electron chi connectivity index (χ1n) is 20.4. The SMILES string of the molecule is C.C.C.C.C.C.C.C.C.C.C.C.C.C.C.C.CC.CCNC(=O)N(C)c1cc(C)c(C(=O)O)c(C)c1.CCNC(=O)N(C)c1cc(C)c(C)c(F)c1.CNc1cc(C)c(C)c(C)c1.Cc1cc(N)cc(C)c1C.O=CC(F)(F)F. The van der Waals surface area contributed by atoms with Crippen LogP contribution in [0.15, 0.2) is 48.5 Å². The minimum atomic E-state index is -4.64. The Kier molecular flexibility index (Phi) is 96.7. The normalized spacial score (nSPS) is 7.86. The van der Waals surface area contributed by atoms with E-state index >= 15 is 0 Å². The molecule has 0 atom stereocenters. The molecule has 0 unspecified atom stereocenters. The second-order valence-corrected chi connectivity index (χ2v) is 14.3. The first kappa shape index (κ1) is 125. The molecule has 0 fully saturated rings. The average molecular weight is 1140 g/mol. The first-order chi connectivity index (χ1) is 29.2. The number of aromatic carboxylic acids is 1. The molecule has 478 valence electrons. The Morgan fingerprint density at radius 1 is 0.519 bits per heavy atom. The van der Waals surface area contributed by atoms with Crippen LogP contribution in [0.3, 0.4) is 0 Å². The minimum Gasteiger partial charge on any atom is -0.478 e. The summed E-state index contributed by atoms with van der Waals surface area (Å²) in [6, 6.07) is 14.5. The summed E-state index contributed by atoms with van der Waals surface area (Å²) in [5, 5.41) is 17.6. The van der Waals surface area contributed by atoms with E-state index < -0.39 is 18.4 Å². The molecule has 4 aromatic rings. The van der Waals surface area contributed by atoms with Gasteiger partial charge in [-0.2, -0.15) is 13.2 Å². The van der Waals surface area contributed by atoms with Crippen molar-refractivity contribution in [1.29, 1.82) is 0 Å². The largest absolute Gasteiger partial charge is 0.478 e. The molecule has 6 N–H and O–H groups in total. The van der Waals surface area contributed by atoms with E-state index in [-0.39, 0.29) is 137 Å². The predicted octanol–water partition coefficient (Wildman–Crippen LogP) is 21.6. The van der Waals surface area contributed by atoms with Crippen LogP contribution in [0.1, 0.15) is 213 Å². The third-order valence-corrected chi connectivity index (χ3v) is 9.66. The summed E-state index contributed by atoms with van der Waals surface area (Å²) >= 11 is 0. The number of carboxylic acid groups (broad SMARTS) is 1. The Balaban J connectivity index is -0.0000000357. The summed E-state index contributed by atoms with van der Waals surface area (Å²) in [6.07, 6.45) is -5.70. The van der Waals surface area contributed by atoms with Crippen LogP contribution in [0, 0.1) is 75.1 Å². The number of carbonyl (C=O) groups is 4. The van der Waals surface area contributed by atoms with Crippen LogP contribution in [0.2, 0.25) is 0 Å². The van der Waals surface area contributed by atoms with Gasteiger partial charge in [0.25, 0.3) is 0 Å². The molecule has 4 aromatic carbocycles. The molecule has 0 spiro atoms. The fourth-order valence-corrected chi connectivity index (χ4v) is 5.49. The van der Waals surface area contributed by atoms with Gasteiger partial charge in [0.2, 0.25) is 6.29 Å². The second-order valence-electron chi connectivity index (χ2n) is 14.3. The van der Waals surface area contributed by atoms with E-state index in [9.17, 15) is 31.9 Å². The van der Waals surface area contributed by atoms with Crippen molar-refractivity contribution in [2.45, 2.75) is 222 Å². The third-order valence-electron chi connectivity index (χ3n) is 9.66. The van der Waals surface area contributed by atoms with Crippen molar-refractivity contribution in [3.05, 3.63) is 116 Å². The van der Waals surface area contributed by atoms with E-state index in [1.807, 2.05) is 53.8 Å². The average Bonchev–Trinajstić information content (AvgIpc) is 3.21. The van der Waals surface area contributed by atoms with E-state index in [2.05, 4.69) is 69.6 Å². The fourth-order valence-electron chi connectivity index (χ4n) is 5.49. The van der Waals surface area contributed by atoms with Gasteiger partial charge in [0.05, 0.1) is 5.56 Å². The monoisotopic (exact) mass is 1140 g/mol. The molecule has 4 amide bonds. The lowest BCUT2D eigenvalue weighted by Gasteiger charge is -2.19. The molecule has 0 aliphatic carbocycles. The van der Waals surface area contributed by atoms with Gasteiger partial charge in [-0.1, -0.05) is 133 Å². The van der Waals surface area contributed by atoms with Crippen LogP contribution in [0.25, 0.3) is 0 Å². The van der Waals surface area contributed by atoms with Crippen molar-refractivity contribution in [3.63, 3.8) is 0 Å². The lowest BCUT2D eigenvalue weighted by molar-refractivity contribution is -0.156. The Morgan fingerprint density at radius 2 is 0.772 bits per heavy atom. The second kappa shape index (κ2) is 61.1. The van der Waals surface area contributed by atoms with Crippen LogP contribution >= 0.6 is 0 Å². The molecule has 0 saturated carbocycles. The van der Waals surface area contributed by atoms with Crippen LogP contribution < -0.4 is 31.5 Å². The fraction of sp³-hybridized carbons (Fsp3) is 0.562. The molecular formula is C64H134F4N6O5. The van der Waals surface area contributed by atoms with Crippen LogP contribution in [0.4, 0.5) is 49.9 Å². The van der Waals surface area contributed by atoms with Gasteiger partial charge in [-0.15, -0.1) is 0 Å². The number of urea groups is 2. The zero-order valence-electron chi connectivity index (χ0n) is 40.2. The number of benzene rings is 4. The number of nitrogen functional groups attached to an aromatic ring is 1. The zero-order valence-corrected chi connectivity index (χ0v) is 40.2. The van der Waals surface area contributed by atoms with Gasteiger partial charge in [-0.25, -0.2) is 18.8 Å². The number of carboxylic acids is 1. The van der Waals surface area contributed by atoms with Crippen molar-refractivity contribution in [2.75, 3.05) is 55.1 Å². The van der Waals surface area contributed by atoms with Crippen LogP contribution in [-0.4, -0.2) is 69.8 Å². The van der Waals surface area contributed by atoms with Crippen LogP contribution in [0.5, 0.6) is 0 Å². The number of nitrogens with one attached hydrogen (secondary N) is 3. The summed E-state index contributed by atoms with van der Waals surface area (Å²) in [6.45, 7) is 28.5. The minimum absolute atomic E-state index is 0. The van der Waals surface area contributed by atoms with Gasteiger partial charge in [0, 0.05) is 57.0 Å². The predicted molar refractivity (Wildman–Crippen MR) is 360 cm³/mol. The maximum absolute atomic E-state index is 13.5. The van der Waals surface area contributed by atoms with Crippen molar-refractivity contribution < 1.29 is 41.8 Å². The standard InChI is InChI=1S/C13H18N2O3.C12H17FN2O.C10H15N.C9H13N.C2HF3O.C2H6.16CH4/c1-5-14-13(18)15(4)10-6-8(2)11(12(16)17)9(3)7-10;1-5-14-12(16)15(4)10-6-8(2)9(3)11(13)7-10;1-7-5-10(11-4)6-8(2)9(7)3;1-6-4-9(10)5-7(2)8(6)3;3-2(4,5)1-6;1-2;;;;;;;;;;;;;;;;/h6-7H,5H2,1-4H3,(H,14,18)(H,16,17);6-7H,5H2,1-4H3,(H,14,16);5-6,11H,1-4H3;4-5H,10H2,1-3H3;1H;1-2H3;16*1H4. The number of anilines is 4. The van der Waals surface area contributed by atoms with E-state index in [1.165, 1.54) is 54.9 Å². The van der Waals surface area contributed by atoms with Crippen molar-refractivity contribution in [2.24, 2.45) is 0 Å². The quantitative estimate of drug-likeness (QED) is 0.0731. The van der Waals surface area contributed by atoms with E-state index in [4.69, 9.17) is 15.6 Å². The number of rotatable bonds is 6. The molecule has 11 nitrogen and oxygen atoms in total. The van der Waals surface area contributed by atoms with E-state index in [0.29, 0.717) is 46.7 Å². The molecule has 0 bridgehead atoms. The maximum atomic E-state index is 13.5. The van der Waals surface area contributed by atoms with Gasteiger partial charge in [0.1, 0.15) is 5.82 Å². The summed E-state index contributed by atoms with van der Waals surface area (Å²) in [5.41, 5.74) is 20.0. The van der Waals surface area contributed by atoms with Crippen molar-refractivity contribution in [1.82, 2.24) is 10.6 Å². The molecule has 79 heavy (non-hydrogen) atoms. The van der Waals surface area contributed by atoms with Gasteiger partial charge in [-0.05, 0) is 187 Å². The molecule has 15 heteroatoms. The molecular weight excluding hydrogens is 1010 g/mol. The number of hydrogen-bond donors (Lipinski definition) is 5. The molecule has 4 rings (SSSR count). The zero-order chi connectivity index (χ0) is 49.5. The Hall–Kier alpha value is -6.12. The smallest absolute Gasteiger partial charge is 0.446 e. The highest BCUT2D eigenvalue weighted by Gasteiger charge is 2.25. The summed E-state index contributed by atoms with van der Waals surface area (Å²) < 4.78 is 44.7. The summed E-state index contributed by atoms with van der Waals surface area (Å²) in [4.78, 5) is 45.9. The Labute approximate surface area is 490 Å². The Morgan fingerprint density at radius 3 is 1.01 bits per heavy atom. The van der Waals surface area contributed by atoms with E-state index in [1.54, 1.807) is 53.1 Å². The molecule has 0 radical (unpaired) electrons. The summed E-state index contributed by atoms with van der Waals surface area (Å²) in [5.74, 6) is -1.23. The number of amides is 4. The number of aldehydes is 1. The maximum Gasteiger partial charge on any atom is 0.446 e. The third kappa shape index (κ3) is 44.4. The van der Waals surface area contributed by atoms with Crippen molar-refractivity contribution >= 4 is 47.1 Å². The highest BCUT2D eigenvalue weighted by atomic mass is 19.4. The van der Waals surface area contributed by atoms with Gasteiger partial charge in [0.15, 0.2) is 0 Å². The Bertz CT molecular complexity index is 2040. The highest BCUT2D eigenvalue weighted by Crippen LogP contribution is 2.24. The van der Waals surface area contributed by atoms with Gasteiger partial charge >= 0.3 is 24.2 Å². The number of nitrogens with two attached hydrogens (primary N) is 1. The molecule has 0 aromatic heterocycles. The number of aryl methyl sites for hydroxylation is 7.